The van der Waals surface area contributed by atoms with E-state index in [9.17, 15) is 13.5 Å². The van der Waals surface area contributed by atoms with E-state index < -0.39 is 16.1 Å². The molecule has 0 amide bonds. The Balaban J connectivity index is 2.78. The summed E-state index contributed by atoms with van der Waals surface area (Å²) in [6.07, 6.45) is 1.34. The molecule has 0 saturated heterocycles. The molecule has 1 unspecified atom stereocenters. The molecule has 6 heteroatoms. The Morgan fingerprint density at radius 3 is 2.41 bits per heavy atom. The average molecular weight is 275 g/mol. The standard InChI is InChI=1S/C11H17NO3S2/c1-9(13)10-3-5-11(6-4-10)17(14,15)12-7-8-16-2/h3-6,9,12-13H,7-8H2,1-2H3. The van der Waals surface area contributed by atoms with E-state index in [2.05, 4.69) is 4.72 Å². The van der Waals surface area contributed by atoms with E-state index in [1.165, 1.54) is 12.1 Å². The van der Waals surface area contributed by atoms with Crippen LogP contribution in [-0.4, -0.2) is 32.1 Å². The van der Waals surface area contributed by atoms with Crippen molar-refractivity contribution >= 4 is 21.8 Å². The van der Waals surface area contributed by atoms with Crippen LogP contribution < -0.4 is 4.72 Å². The zero-order valence-electron chi connectivity index (χ0n) is 9.88. The number of hydrogen-bond donors (Lipinski definition) is 2. The van der Waals surface area contributed by atoms with Gasteiger partial charge in [-0.15, -0.1) is 0 Å². The van der Waals surface area contributed by atoms with Crippen LogP contribution in [0.1, 0.15) is 18.6 Å². The Morgan fingerprint density at radius 1 is 1.35 bits per heavy atom. The van der Waals surface area contributed by atoms with Gasteiger partial charge in [-0.25, -0.2) is 13.1 Å². The van der Waals surface area contributed by atoms with Crippen LogP contribution in [0.5, 0.6) is 0 Å². The van der Waals surface area contributed by atoms with Gasteiger partial charge >= 0.3 is 0 Å². The summed E-state index contributed by atoms with van der Waals surface area (Å²) < 4.78 is 26.1. The molecule has 0 heterocycles. The number of thioether (sulfide) groups is 1. The summed E-state index contributed by atoms with van der Waals surface area (Å²) in [5.41, 5.74) is 0.702. The molecule has 17 heavy (non-hydrogen) atoms. The summed E-state index contributed by atoms with van der Waals surface area (Å²) in [5.74, 6) is 0.741. The highest BCUT2D eigenvalue weighted by molar-refractivity contribution is 7.98. The van der Waals surface area contributed by atoms with E-state index in [4.69, 9.17) is 0 Å². The molecule has 4 nitrogen and oxygen atoms in total. The van der Waals surface area contributed by atoms with Crippen LogP contribution in [0, 0.1) is 0 Å². The number of aliphatic hydroxyl groups excluding tert-OH is 1. The number of aliphatic hydroxyl groups is 1. The van der Waals surface area contributed by atoms with Crippen molar-refractivity contribution in [1.82, 2.24) is 4.72 Å². The Morgan fingerprint density at radius 2 is 1.94 bits per heavy atom. The number of nitrogens with one attached hydrogen (secondary N) is 1. The van der Waals surface area contributed by atoms with E-state index in [1.54, 1.807) is 30.8 Å². The molecule has 0 aliphatic rings. The molecule has 2 N–H and O–H groups in total. The first-order valence-corrected chi connectivity index (χ1v) is 8.11. The molecule has 1 rings (SSSR count). The van der Waals surface area contributed by atoms with E-state index in [-0.39, 0.29) is 4.90 Å². The van der Waals surface area contributed by atoms with Gasteiger partial charge in [0, 0.05) is 12.3 Å². The molecule has 0 fully saturated rings. The lowest BCUT2D eigenvalue weighted by atomic mass is 10.1. The monoisotopic (exact) mass is 275 g/mol. The van der Waals surface area contributed by atoms with Crippen molar-refractivity contribution in [2.45, 2.75) is 17.9 Å². The summed E-state index contributed by atoms with van der Waals surface area (Å²) >= 11 is 1.58. The quantitative estimate of drug-likeness (QED) is 0.770. The van der Waals surface area contributed by atoms with Gasteiger partial charge in [-0.2, -0.15) is 11.8 Å². The molecule has 0 aliphatic carbocycles. The highest BCUT2D eigenvalue weighted by atomic mass is 32.2. The summed E-state index contributed by atoms with van der Waals surface area (Å²) in [5, 5.41) is 9.32. The van der Waals surface area contributed by atoms with Crippen LogP contribution in [-0.2, 0) is 10.0 Å². The minimum absolute atomic E-state index is 0.225. The first-order valence-electron chi connectivity index (χ1n) is 5.24. The van der Waals surface area contributed by atoms with E-state index >= 15 is 0 Å². The van der Waals surface area contributed by atoms with Gasteiger partial charge in [0.25, 0.3) is 0 Å². The van der Waals surface area contributed by atoms with Crippen molar-refractivity contribution in [3.63, 3.8) is 0 Å². The number of rotatable bonds is 6. The molecule has 0 radical (unpaired) electrons. The molecule has 0 aromatic heterocycles. The van der Waals surface area contributed by atoms with Crippen molar-refractivity contribution in [3.05, 3.63) is 29.8 Å². The Bertz CT molecular complexity index is 440. The molecule has 1 atom stereocenters. The first kappa shape index (κ1) is 14.5. The molecular formula is C11H17NO3S2. The normalized spacial score (nSPS) is 13.6. The molecular weight excluding hydrogens is 258 g/mol. The predicted molar refractivity (Wildman–Crippen MR) is 70.6 cm³/mol. The Hall–Kier alpha value is -0.560. The van der Waals surface area contributed by atoms with Crippen LogP contribution >= 0.6 is 11.8 Å². The Labute approximate surface area is 106 Å². The number of hydrogen-bond acceptors (Lipinski definition) is 4. The smallest absolute Gasteiger partial charge is 0.240 e. The van der Waals surface area contributed by atoms with Gasteiger partial charge in [0.1, 0.15) is 0 Å². The van der Waals surface area contributed by atoms with Crippen molar-refractivity contribution in [2.24, 2.45) is 0 Å². The van der Waals surface area contributed by atoms with Gasteiger partial charge in [-0.1, -0.05) is 12.1 Å². The molecule has 96 valence electrons. The van der Waals surface area contributed by atoms with Crippen molar-refractivity contribution in [2.75, 3.05) is 18.6 Å². The van der Waals surface area contributed by atoms with Gasteiger partial charge in [0.15, 0.2) is 0 Å². The fourth-order valence-electron chi connectivity index (χ4n) is 1.29. The summed E-state index contributed by atoms with van der Waals surface area (Å²) in [7, 11) is -3.42. The minimum atomic E-state index is -3.42. The second kappa shape index (κ2) is 6.39. The Kier molecular flexibility index (Phi) is 5.45. The highest BCUT2D eigenvalue weighted by Crippen LogP contribution is 2.15. The van der Waals surface area contributed by atoms with E-state index in [0.717, 1.165) is 5.75 Å². The maximum absolute atomic E-state index is 11.8. The van der Waals surface area contributed by atoms with Crippen molar-refractivity contribution < 1.29 is 13.5 Å². The summed E-state index contributed by atoms with van der Waals surface area (Å²) in [4.78, 5) is 0.225. The third kappa shape index (κ3) is 4.31. The fourth-order valence-corrected chi connectivity index (χ4v) is 2.75. The van der Waals surface area contributed by atoms with E-state index in [0.29, 0.717) is 12.1 Å². The lowest BCUT2D eigenvalue weighted by molar-refractivity contribution is 0.199. The van der Waals surface area contributed by atoms with Crippen LogP contribution in [0.2, 0.25) is 0 Å². The number of sulfonamides is 1. The summed E-state index contributed by atoms with van der Waals surface area (Å²) in [6.45, 7) is 2.06. The zero-order valence-corrected chi connectivity index (χ0v) is 11.5. The lowest BCUT2D eigenvalue weighted by Crippen LogP contribution is -2.25. The molecule has 1 aromatic carbocycles. The van der Waals surface area contributed by atoms with Crippen LogP contribution in [0.25, 0.3) is 0 Å². The summed E-state index contributed by atoms with van der Waals surface area (Å²) in [6, 6.07) is 6.24. The number of benzene rings is 1. The largest absolute Gasteiger partial charge is 0.389 e. The van der Waals surface area contributed by atoms with Crippen LogP contribution in [0.15, 0.2) is 29.2 Å². The molecule has 1 aromatic rings. The second-order valence-corrected chi connectivity index (χ2v) is 6.39. The highest BCUT2D eigenvalue weighted by Gasteiger charge is 2.13. The van der Waals surface area contributed by atoms with Gasteiger partial charge in [0.2, 0.25) is 10.0 Å². The van der Waals surface area contributed by atoms with Crippen LogP contribution in [0.3, 0.4) is 0 Å². The maximum Gasteiger partial charge on any atom is 0.240 e. The molecule has 0 spiro atoms. The third-order valence-corrected chi connectivity index (χ3v) is 4.36. The van der Waals surface area contributed by atoms with Crippen molar-refractivity contribution in [1.29, 1.82) is 0 Å². The maximum atomic E-state index is 11.8. The SMILES string of the molecule is CSCCNS(=O)(=O)c1ccc(C(C)O)cc1. The topological polar surface area (TPSA) is 66.4 Å². The van der Waals surface area contributed by atoms with Crippen LogP contribution in [0.4, 0.5) is 0 Å². The first-order chi connectivity index (χ1) is 7.97. The van der Waals surface area contributed by atoms with Gasteiger partial charge in [-0.3, -0.25) is 0 Å². The van der Waals surface area contributed by atoms with Crippen molar-refractivity contribution in [3.8, 4) is 0 Å². The minimum Gasteiger partial charge on any atom is -0.389 e. The van der Waals surface area contributed by atoms with Gasteiger partial charge in [0.05, 0.1) is 11.0 Å². The third-order valence-electron chi connectivity index (χ3n) is 2.27. The molecule has 0 bridgehead atoms. The lowest BCUT2D eigenvalue weighted by Gasteiger charge is -2.08. The average Bonchev–Trinajstić information content (AvgIpc) is 2.29. The van der Waals surface area contributed by atoms with Gasteiger partial charge < -0.3 is 5.11 Å². The van der Waals surface area contributed by atoms with Gasteiger partial charge in [-0.05, 0) is 30.9 Å². The molecule has 0 aliphatic heterocycles. The van der Waals surface area contributed by atoms with E-state index in [1.807, 2.05) is 6.26 Å². The predicted octanol–water partition coefficient (Wildman–Crippen LogP) is 1.38. The zero-order chi connectivity index (χ0) is 12.9. The fraction of sp³-hybridized carbons (Fsp3) is 0.455. The second-order valence-electron chi connectivity index (χ2n) is 3.64. The molecule has 0 saturated carbocycles.